The molecule has 6 heteroatoms. The van der Waals surface area contributed by atoms with Crippen LogP contribution in [0.25, 0.3) is 0 Å². The highest BCUT2D eigenvalue weighted by Crippen LogP contribution is 2.18. The van der Waals surface area contributed by atoms with Gasteiger partial charge in [-0.3, -0.25) is 9.59 Å². The summed E-state index contributed by atoms with van der Waals surface area (Å²) in [5.41, 5.74) is 1.67. The van der Waals surface area contributed by atoms with Crippen LogP contribution >= 0.6 is 0 Å². The number of ether oxygens (including phenoxy) is 2. The third-order valence-electron chi connectivity index (χ3n) is 3.90. The Morgan fingerprint density at radius 3 is 2.07 bits per heavy atom. The molecule has 3 aromatic carbocycles. The Hall–Kier alpha value is -3.80. The van der Waals surface area contributed by atoms with E-state index in [9.17, 15) is 9.59 Å². The summed E-state index contributed by atoms with van der Waals surface area (Å²) < 4.78 is 11.3. The number of carbonyl (C=O) groups is 2. The lowest BCUT2D eigenvalue weighted by molar-refractivity contribution is -0.114. The van der Waals surface area contributed by atoms with E-state index in [2.05, 4.69) is 10.6 Å². The molecule has 0 saturated carbocycles. The molecule has 3 rings (SSSR count). The highest BCUT2D eigenvalue weighted by atomic mass is 16.5. The summed E-state index contributed by atoms with van der Waals surface area (Å²) in [6, 6.07) is 23.4. The van der Waals surface area contributed by atoms with Crippen molar-refractivity contribution in [2.24, 2.45) is 0 Å². The van der Waals surface area contributed by atoms with Crippen LogP contribution in [0, 0.1) is 0 Å². The van der Waals surface area contributed by atoms with E-state index < -0.39 is 0 Å². The van der Waals surface area contributed by atoms with Crippen LogP contribution < -0.4 is 20.1 Å². The average Bonchev–Trinajstić information content (AvgIpc) is 2.72. The first-order valence-electron chi connectivity index (χ1n) is 9.20. The Morgan fingerprint density at radius 2 is 1.34 bits per heavy atom. The van der Waals surface area contributed by atoms with Gasteiger partial charge in [-0.15, -0.1) is 0 Å². The van der Waals surface area contributed by atoms with Gasteiger partial charge < -0.3 is 20.1 Å². The van der Waals surface area contributed by atoms with E-state index >= 15 is 0 Å². The highest BCUT2D eigenvalue weighted by Gasteiger charge is 2.08. The lowest BCUT2D eigenvalue weighted by Crippen LogP contribution is -2.13. The van der Waals surface area contributed by atoms with Crippen LogP contribution in [0.2, 0.25) is 0 Å². The molecule has 148 valence electrons. The second-order valence-corrected chi connectivity index (χ2v) is 6.25. The smallest absolute Gasteiger partial charge is 0.255 e. The molecular weight excluding hydrogens is 368 g/mol. The number of nitrogens with one attached hydrogen (secondary N) is 2. The molecule has 3 aromatic rings. The van der Waals surface area contributed by atoms with Crippen molar-refractivity contribution >= 4 is 23.2 Å². The SMILES string of the molecule is CC(=O)Nc1cccc(NC(=O)c2cccc(OCCOc3ccccc3)c2)c1. The number of benzene rings is 3. The van der Waals surface area contributed by atoms with Crippen LogP contribution in [-0.2, 0) is 4.79 Å². The third-order valence-corrected chi connectivity index (χ3v) is 3.90. The summed E-state index contributed by atoms with van der Waals surface area (Å²) in [7, 11) is 0. The van der Waals surface area contributed by atoms with Crippen molar-refractivity contribution in [3.8, 4) is 11.5 Å². The first-order chi connectivity index (χ1) is 14.1. The van der Waals surface area contributed by atoms with Gasteiger partial charge in [0.25, 0.3) is 5.91 Å². The number of hydrogen-bond donors (Lipinski definition) is 2. The minimum atomic E-state index is -0.268. The van der Waals surface area contributed by atoms with Crippen molar-refractivity contribution in [1.82, 2.24) is 0 Å². The maximum atomic E-state index is 12.5. The van der Waals surface area contributed by atoms with Crippen LogP contribution in [0.15, 0.2) is 78.9 Å². The molecule has 6 nitrogen and oxygen atoms in total. The molecule has 0 radical (unpaired) electrons. The molecule has 29 heavy (non-hydrogen) atoms. The largest absolute Gasteiger partial charge is 0.490 e. The number of rotatable bonds is 8. The van der Waals surface area contributed by atoms with Crippen molar-refractivity contribution in [3.63, 3.8) is 0 Å². The van der Waals surface area contributed by atoms with Crippen molar-refractivity contribution in [2.75, 3.05) is 23.8 Å². The highest BCUT2D eigenvalue weighted by molar-refractivity contribution is 6.04. The minimum absolute atomic E-state index is 0.172. The lowest BCUT2D eigenvalue weighted by atomic mass is 10.2. The molecule has 2 N–H and O–H groups in total. The Kier molecular flexibility index (Phi) is 6.84. The van der Waals surface area contributed by atoms with Gasteiger partial charge in [-0.05, 0) is 48.5 Å². The molecular formula is C23H22N2O4. The first kappa shape index (κ1) is 19.9. The van der Waals surface area contributed by atoms with Crippen molar-refractivity contribution < 1.29 is 19.1 Å². The molecule has 0 unspecified atom stereocenters. The summed E-state index contributed by atoms with van der Waals surface area (Å²) in [5.74, 6) is 0.928. The fourth-order valence-electron chi connectivity index (χ4n) is 2.64. The van der Waals surface area contributed by atoms with E-state index in [1.165, 1.54) is 6.92 Å². The normalized spacial score (nSPS) is 10.1. The lowest BCUT2D eigenvalue weighted by Gasteiger charge is -2.10. The molecule has 0 atom stereocenters. The Bertz CT molecular complexity index is 973. The van der Waals surface area contributed by atoms with Gasteiger partial charge in [0.1, 0.15) is 24.7 Å². The van der Waals surface area contributed by atoms with Gasteiger partial charge in [0.05, 0.1) is 0 Å². The van der Waals surface area contributed by atoms with Gasteiger partial charge in [0, 0.05) is 23.9 Å². The predicted octanol–water partition coefficient (Wildman–Crippen LogP) is 4.36. The molecule has 2 amide bonds. The zero-order chi connectivity index (χ0) is 20.5. The second kappa shape index (κ2) is 9.94. The first-order valence-corrected chi connectivity index (χ1v) is 9.20. The molecule has 0 spiro atoms. The molecule has 0 bridgehead atoms. The molecule has 0 aliphatic rings. The standard InChI is InChI=1S/C23H22N2O4/c1-17(26)24-19-8-6-9-20(16-19)25-23(27)18-7-5-12-22(15-18)29-14-13-28-21-10-3-2-4-11-21/h2-12,15-16H,13-14H2,1H3,(H,24,26)(H,25,27). The van der Waals surface area contributed by atoms with Gasteiger partial charge >= 0.3 is 0 Å². The van der Waals surface area contributed by atoms with Gasteiger partial charge in [-0.25, -0.2) is 0 Å². The van der Waals surface area contributed by atoms with Crippen molar-refractivity contribution in [2.45, 2.75) is 6.92 Å². The van der Waals surface area contributed by atoms with Crippen LogP contribution in [0.3, 0.4) is 0 Å². The van der Waals surface area contributed by atoms with Gasteiger partial charge in [-0.2, -0.15) is 0 Å². The van der Waals surface area contributed by atoms with Crippen molar-refractivity contribution in [1.29, 1.82) is 0 Å². The van der Waals surface area contributed by atoms with E-state index in [4.69, 9.17) is 9.47 Å². The molecule has 0 aliphatic heterocycles. The van der Waals surface area contributed by atoms with Crippen molar-refractivity contribution in [3.05, 3.63) is 84.4 Å². The number of hydrogen-bond acceptors (Lipinski definition) is 4. The average molecular weight is 390 g/mol. The Balaban J connectivity index is 1.54. The fourth-order valence-corrected chi connectivity index (χ4v) is 2.64. The maximum Gasteiger partial charge on any atom is 0.255 e. The quantitative estimate of drug-likeness (QED) is 0.561. The second-order valence-electron chi connectivity index (χ2n) is 6.25. The van der Waals surface area contributed by atoms with Crippen LogP contribution in [-0.4, -0.2) is 25.0 Å². The summed E-state index contributed by atoms with van der Waals surface area (Å²) in [4.78, 5) is 23.7. The molecule has 0 aliphatic carbocycles. The maximum absolute atomic E-state index is 12.5. The molecule has 0 saturated heterocycles. The fraction of sp³-hybridized carbons (Fsp3) is 0.130. The molecule has 0 aromatic heterocycles. The van der Waals surface area contributed by atoms with E-state index in [0.717, 1.165) is 5.75 Å². The zero-order valence-corrected chi connectivity index (χ0v) is 16.1. The van der Waals surface area contributed by atoms with E-state index in [1.807, 2.05) is 30.3 Å². The van der Waals surface area contributed by atoms with E-state index in [0.29, 0.717) is 35.9 Å². The minimum Gasteiger partial charge on any atom is -0.490 e. The zero-order valence-electron chi connectivity index (χ0n) is 16.1. The van der Waals surface area contributed by atoms with Gasteiger partial charge in [-0.1, -0.05) is 30.3 Å². The monoisotopic (exact) mass is 390 g/mol. The number of carbonyl (C=O) groups excluding carboxylic acids is 2. The summed E-state index contributed by atoms with van der Waals surface area (Å²) in [6.07, 6.45) is 0. The third kappa shape index (κ3) is 6.39. The number of para-hydroxylation sites is 1. The van der Waals surface area contributed by atoms with Crippen LogP contribution in [0.1, 0.15) is 17.3 Å². The van der Waals surface area contributed by atoms with E-state index in [1.54, 1.807) is 48.5 Å². The van der Waals surface area contributed by atoms with Gasteiger partial charge in [0.15, 0.2) is 0 Å². The summed E-state index contributed by atoms with van der Waals surface area (Å²) >= 11 is 0. The molecule has 0 heterocycles. The summed E-state index contributed by atoms with van der Waals surface area (Å²) in [6.45, 7) is 2.19. The number of amides is 2. The van der Waals surface area contributed by atoms with Crippen LogP contribution in [0.5, 0.6) is 11.5 Å². The Morgan fingerprint density at radius 1 is 0.724 bits per heavy atom. The van der Waals surface area contributed by atoms with Crippen LogP contribution in [0.4, 0.5) is 11.4 Å². The Labute approximate surface area is 169 Å². The summed E-state index contributed by atoms with van der Waals surface area (Å²) in [5, 5.41) is 5.50. The number of anilines is 2. The molecule has 0 fully saturated rings. The predicted molar refractivity (Wildman–Crippen MR) is 113 cm³/mol. The van der Waals surface area contributed by atoms with Gasteiger partial charge in [0.2, 0.25) is 5.91 Å². The topological polar surface area (TPSA) is 76.7 Å². The van der Waals surface area contributed by atoms with E-state index in [-0.39, 0.29) is 11.8 Å².